The number of ether oxygens (including phenoxy) is 1. The molecule has 5 aliphatic carbocycles. The van der Waals surface area contributed by atoms with Gasteiger partial charge in [0.05, 0.1) is 16.9 Å². The number of Topliss-reactive ketones (excluding diaryl/α,β-unsaturated/α-hetero) is 1. The average Bonchev–Trinajstić information content (AvgIpc) is 3.03. The van der Waals surface area contributed by atoms with Gasteiger partial charge >= 0.3 is 5.97 Å². The first-order valence-corrected chi connectivity index (χ1v) is 10.9. The molecule has 1 heterocycles. The molecule has 30 heavy (non-hydrogen) atoms. The number of carbonyl (C=O) groups excluding carboxylic acids is 3. The largest absolute Gasteiger partial charge is 0.461 e. The number of carbonyl (C=O) groups is 3. The predicted octanol–water partition coefficient (Wildman–Crippen LogP) is 2.93. The molecule has 1 aliphatic heterocycles. The van der Waals surface area contributed by atoms with Crippen LogP contribution in [0.1, 0.15) is 47.0 Å². The normalized spacial score (nSPS) is 54.5. The first-order chi connectivity index (χ1) is 13.8. The maximum atomic E-state index is 13.9. The van der Waals surface area contributed by atoms with E-state index in [0.29, 0.717) is 24.0 Å². The van der Waals surface area contributed by atoms with Crippen molar-refractivity contribution in [3.63, 3.8) is 0 Å². The van der Waals surface area contributed by atoms with Crippen LogP contribution in [-0.2, 0) is 19.1 Å². The maximum absolute atomic E-state index is 13.9. The van der Waals surface area contributed by atoms with Gasteiger partial charge in [0.2, 0.25) is 0 Å². The Morgan fingerprint density at radius 3 is 2.57 bits per heavy atom. The van der Waals surface area contributed by atoms with Crippen LogP contribution in [0.15, 0.2) is 36.0 Å². The van der Waals surface area contributed by atoms with E-state index in [1.54, 1.807) is 6.08 Å². The van der Waals surface area contributed by atoms with Gasteiger partial charge < -0.3 is 9.84 Å². The van der Waals surface area contributed by atoms with Crippen LogP contribution in [0.3, 0.4) is 0 Å². The van der Waals surface area contributed by atoms with Crippen molar-refractivity contribution in [1.82, 2.24) is 0 Å². The van der Waals surface area contributed by atoms with Crippen molar-refractivity contribution in [2.24, 2.45) is 38.9 Å². The van der Waals surface area contributed by atoms with Gasteiger partial charge in [-0.3, -0.25) is 9.59 Å². The van der Waals surface area contributed by atoms with Gasteiger partial charge in [-0.25, -0.2) is 4.79 Å². The van der Waals surface area contributed by atoms with Gasteiger partial charge in [-0.05, 0) is 43.8 Å². The van der Waals surface area contributed by atoms with E-state index in [9.17, 15) is 19.5 Å². The number of allylic oxidation sites excluding steroid dienone is 2. The summed E-state index contributed by atoms with van der Waals surface area (Å²) in [6.45, 7) is 12.3. The Bertz CT molecular complexity index is 1060. The standard InChI is InChI=1S/C25H28O5/c1-13-17-18(27)21(4)10-14-19(28)30-12-24(13,14)23(11-21)9-6-15-20(2,3)16(26)7-8-22(15,5)25(17,23)29/h7-8,10,15,17,29H,1,6,9,11-12H2,2-5H3/t15-,17-,21+,22-,23+,24-,25+/m0/s1. The van der Waals surface area contributed by atoms with Crippen molar-refractivity contribution < 1.29 is 24.2 Å². The second-order valence-corrected chi connectivity index (χ2v) is 11.6. The van der Waals surface area contributed by atoms with E-state index < -0.39 is 38.6 Å². The van der Waals surface area contributed by atoms with Gasteiger partial charge in [-0.1, -0.05) is 39.5 Å². The van der Waals surface area contributed by atoms with E-state index in [1.807, 2.05) is 39.8 Å². The van der Waals surface area contributed by atoms with Crippen molar-refractivity contribution in [2.75, 3.05) is 6.61 Å². The predicted molar refractivity (Wildman–Crippen MR) is 108 cm³/mol. The second kappa shape index (κ2) is 4.59. The molecule has 7 atom stereocenters. The van der Waals surface area contributed by atoms with Crippen LogP contribution in [0.2, 0.25) is 0 Å². The fourth-order valence-corrected chi connectivity index (χ4v) is 9.14. The summed E-state index contributed by atoms with van der Waals surface area (Å²) in [5, 5.41) is 12.8. The van der Waals surface area contributed by atoms with Gasteiger partial charge in [-0.15, -0.1) is 0 Å². The van der Waals surface area contributed by atoms with Gasteiger partial charge in [0.15, 0.2) is 11.6 Å². The highest BCUT2D eigenvalue weighted by atomic mass is 16.5. The zero-order chi connectivity index (χ0) is 21.7. The van der Waals surface area contributed by atoms with Gasteiger partial charge in [0.1, 0.15) is 6.61 Å². The molecule has 0 radical (unpaired) electrons. The lowest BCUT2D eigenvalue weighted by molar-refractivity contribution is -0.258. The SMILES string of the molecule is C=C1[C@H]2C(=O)[C@]3(C)C=C4C(=O)OC[C@]14[C@@]1(CC[C@H]4C(C)(C)C(=O)C=C[C@]4(C)[C@]21O)C3. The summed E-state index contributed by atoms with van der Waals surface area (Å²) in [5.74, 6) is -1.26. The van der Waals surface area contributed by atoms with E-state index in [-0.39, 0.29) is 30.1 Å². The Kier molecular flexibility index (Phi) is 2.87. The summed E-state index contributed by atoms with van der Waals surface area (Å²) in [6, 6.07) is 0. The number of rotatable bonds is 0. The molecule has 5 nitrogen and oxygen atoms in total. The third kappa shape index (κ3) is 1.39. The molecule has 0 unspecified atom stereocenters. The van der Waals surface area contributed by atoms with Crippen LogP contribution < -0.4 is 0 Å². The minimum Gasteiger partial charge on any atom is -0.461 e. The Morgan fingerprint density at radius 1 is 1.17 bits per heavy atom. The summed E-state index contributed by atoms with van der Waals surface area (Å²) >= 11 is 0. The molecule has 6 rings (SSSR count). The maximum Gasteiger partial charge on any atom is 0.334 e. The molecule has 0 aromatic rings. The van der Waals surface area contributed by atoms with Crippen molar-refractivity contribution in [3.8, 4) is 0 Å². The van der Waals surface area contributed by atoms with Crippen LogP contribution in [0.25, 0.3) is 0 Å². The van der Waals surface area contributed by atoms with Crippen molar-refractivity contribution in [1.29, 1.82) is 0 Å². The highest BCUT2D eigenvalue weighted by molar-refractivity contribution is 6.04. The van der Waals surface area contributed by atoms with Crippen molar-refractivity contribution in [3.05, 3.63) is 36.0 Å². The smallest absolute Gasteiger partial charge is 0.334 e. The molecule has 6 aliphatic rings. The first kappa shape index (κ1) is 18.7. The van der Waals surface area contributed by atoms with Crippen LogP contribution in [0, 0.1) is 38.9 Å². The molecule has 0 aromatic heterocycles. The lowest BCUT2D eigenvalue weighted by atomic mass is 9.34. The second-order valence-electron chi connectivity index (χ2n) is 11.6. The zero-order valence-corrected chi connectivity index (χ0v) is 18.0. The quantitative estimate of drug-likeness (QED) is 0.492. The Hall–Kier alpha value is -2.01. The van der Waals surface area contributed by atoms with Crippen LogP contribution in [0.5, 0.6) is 0 Å². The molecular weight excluding hydrogens is 380 g/mol. The average molecular weight is 408 g/mol. The van der Waals surface area contributed by atoms with E-state index in [4.69, 9.17) is 4.74 Å². The van der Waals surface area contributed by atoms with Gasteiger partial charge in [-0.2, -0.15) is 0 Å². The summed E-state index contributed by atoms with van der Waals surface area (Å²) in [6.07, 6.45) is 7.14. The summed E-state index contributed by atoms with van der Waals surface area (Å²) in [5.41, 5.74) is -4.04. The fourth-order valence-electron chi connectivity index (χ4n) is 9.14. The Balaban J connectivity index is 1.71. The van der Waals surface area contributed by atoms with Crippen LogP contribution in [0.4, 0.5) is 0 Å². The third-order valence-corrected chi connectivity index (χ3v) is 10.4. The number of esters is 1. The minimum absolute atomic E-state index is 0.0535. The van der Waals surface area contributed by atoms with E-state index >= 15 is 0 Å². The number of ketones is 2. The summed E-state index contributed by atoms with van der Waals surface area (Å²) in [7, 11) is 0. The van der Waals surface area contributed by atoms with Gasteiger partial charge in [0.25, 0.3) is 0 Å². The lowest BCUT2D eigenvalue weighted by Crippen LogP contribution is -2.74. The number of hydrogen-bond donors (Lipinski definition) is 1. The highest BCUT2D eigenvalue weighted by Gasteiger charge is 2.88. The molecular formula is C25H28O5. The molecule has 0 aromatic carbocycles. The van der Waals surface area contributed by atoms with Crippen molar-refractivity contribution >= 4 is 17.5 Å². The highest BCUT2D eigenvalue weighted by Crippen LogP contribution is 2.84. The first-order valence-electron chi connectivity index (χ1n) is 10.9. The molecule has 3 saturated carbocycles. The number of fused-ring (bicyclic) bond motifs is 2. The number of hydrogen-bond acceptors (Lipinski definition) is 5. The number of cyclic esters (lactones) is 1. The molecule has 1 N–H and O–H groups in total. The fraction of sp³-hybridized carbons (Fsp3) is 0.640. The van der Waals surface area contributed by atoms with E-state index in [2.05, 4.69) is 6.58 Å². The molecule has 0 amide bonds. The molecule has 2 spiro atoms. The molecule has 1 saturated heterocycles. The van der Waals surface area contributed by atoms with Crippen LogP contribution >= 0.6 is 0 Å². The summed E-state index contributed by atoms with van der Waals surface area (Å²) < 4.78 is 5.58. The van der Waals surface area contributed by atoms with E-state index in [1.165, 1.54) is 0 Å². The molecule has 158 valence electrons. The molecule has 4 fully saturated rings. The minimum atomic E-state index is -1.42. The number of aliphatic hydroxyl groups is 1. The van der Waals surface area contributed by atoms with Gasteiger partial charge in [0, 0.05) is 27.2 Å². The Morgan fingerprint density at radius 2 is 1.87 bits per heavy atom. The molecule has 3 bridgehead atoms. The lowest BCUT2D eigenvalue weighted by Gasteiger charge is -2.69. The Labute approximate surface area is 176 Å². The molecule has 5 heteroatoms. The van der Waals surface area contributed by atoms with Crippen molar-refractivity contribution in [2.45, 2.75) is 52.6 Å². The van der Waals surface area contributed by atoms with Crippen LogP contribution in [-0.4, -0.2) is 34.9 Å². The zero-order valence-electron chi connectivity index (χ0n) is 18.0. The third-order valence-electron chi connectivity index (χ3n) is 10.4. The topological polar surface area (TPSA) is 80.7 Å². The van der Waals surface area contributed by atoms with E-state index in [0.717, 1.165) is 6.42 Å². The monoisotopic (exact) mass is 408 g/mol. The summed E-state index contributed by atoms with van der Waals surface area (Å²) in [4.78, 5) is 39.5.